The van der Waals surface area contributed by atoms with Crippen LogP contribution in [-0.4, -0.2) is 12.6 Å². The van der Waals surface area contributed by atoms with Gasteiger partial charge in [0.05, 0.1) is 12.2 Å². The van der Waals surface area contributed by atoms with Crippen molar-refractivity contribution in [3.63, 3.8) is 0 Å². The monoisotopic (exact) mass is 454 g/mol. The predicted molar refractivity (Wildman–Crippen MR) is 117 cm³/mol. The molecule has 3 aromatic carbocycles. The second-order valence-corrected chi connectivity index (χ2v) is 7.98. The summed E-state index contributed by atoms with van der Waals surface area (Å²) in [7, 11) is 0. The first kappa shape index (κ1) is 19.9. The van der Waals surface area contributed by atoms with Crippen LogP contribution in [0.1, 0.15) is 27.0 Å². The maximum absolute atomic E-state index is 12.8. The molecule has 0 amide bonds. The Labute approximate surface area is 188 Å². The molecule has 7 heteroatoms. The van der Waals surface area contributed by atoms with Crippen LogP contribution in [0.3, 0.4) is 0 Å². The highest BCUT2D eigenvalue weighted by atomic mass is 35.5. The SMILES string of the molecule is O=C1/C(=C/c2cc(Cl)cc3c2OCOC3)Oc2cc(OCc3cccc(Cl)c3)ccc21. The lowest BCUT2D eigenvalue weighted by Gasteiger charge is -2.20. The number of hydrogen-bond donors (Lipinski definition) is 0. The Balaban J connectivity index is 1.38. The molecular weight excluding hydrogens is 439 g/mol. The van der Waals surface area contributed by atoms with Crippen molar-refractivity contribution < 1.29 is 23.7 Å². The van der Waals surface area contributed by atoms with Crippen LogP contribution in [0, 0.1) is 0 Å². The number of benzene rings is 3. The van der Waals surface area contributed by atoms with Crippen LogP contribution in [0.15, 0.2) is 60.4 Å². The van der Waals surface area contributed by atoms with E-state index in [4.69, 9.17) is 42.1 Å². The summed E-state index contributed by atoms with van der Waals surface area (Å²) in [5.41, 5.74) is 2.91. The van der Waals surface area contributed by atoms with Gasteiger partial charge in [0.1, 0.15) is 23.9 Å². The van der Waals surface area contributed by atoms with E-state index >= 15 is 0 Å². The van der Waals surface area contributed by atoms with Crippen molar-refractivity contribution in [3.05, 3.63) is 92.7 Å². The minimum Gasteiger partial charge on any atom is -0.489 e. The molecule has 0 saturated carbocycles. The van der Waals surface area contributed by atoms with Crippen LogP contribution in [0.25, 0.3) is 6.08 Å². The van der Waals surface area contributed by atoms with Crippen LogP contribution >= 0.6 is 23.2 Å². The first-order chi connectivity index (χ1) is 15.1. The van der Waals surface area contributed by atoms with Crippen LogP contribution < -0.4 is 14.2 Å². The molecule has 0 aromatic heterocycles. The van der Waals surface area contributed by atoms with Crippen LogP contribution in [0.4, 0.5) is 0 Å². The Morgan fingerprint density at radius 1 is 1.03 bits per heavy atom. The fourth-order valence-corrected chi connectivity index (χ4v) is 3.97. The number of ketones is 1. The summed E-state index contributed by atoms with van der Waals surface area (Å²) < 4.78 is 22.6. The molecule has 0 spiro atoms. The van der Waals surface area contributed by atoms with Crippen molar-refractivity contribution >= 4 is 35.1 Å². The van der Waals surface area contributed by atoms with Gasteiger partial charge in [-0.2, -0.15) is 0 Å². The Kier molecular flexibility index (Phi) is 5.32. The quantitative estimate of drug-likeness (QED) is 0.448. The molecule has 3 aromatic rings. The Hall–Kier alpha value is -2.99. The highest BCUT2D eigenvalue weighted by Crippen LogP contribution is 2.38. The fraction of sp³-hybridized carbons (Fsp3) is 0.125. The van der Waals surface area contributed by atoms with E-state index < -0.39 is 0 Å². The van der Waals surface area contributed by atoms with E-state index in [-0.39, 0.29) is 18.3 Å². The minimum atomic E-state index is -0.211. The molecule has 0 aliphatic carbocycles. The van der Waals surface area contributed by atoms with Crippen molar-refractivity contribution in [2.45, 2.75) is 13.2 Å². The van der Waals surface area contributed by atoms with Gasteiger partial charge in [-0.1, -0.05) is 35.3 Å². The molecule has 2 aliphatic rings. The number of allylic oxidation sites excluding steroid dienone is 1. The molecule has 0 bridgehead atoms. The molecule has 31 heavy (non-hydrogen) atoms. The van der Waals surface area contributed by atoms with E-state index in [1.54, 1.807) is 36.4 Å². The molecule has 0 atom stereocenters. The number of carbonyl (C=O) groups excluding carboxylic acids is 1. The average molecular weight is 455 g/mol. The summed E-state index contributed by atoms with van der Waals surface area (Å²) in [5, 5.41) is 1.18. The zero-order valence-electron chi connectivity index (χ0n) is 16.2. The van der Waals surface area contributed by atoms with Gasteiger partial charge >= 0.3 is 0 Å². The fourth-order valence-electron chi connectivity index (χ4n) is 3.51. The number of carbonyl (C=O) groups is 1. The first-order valence-electron chi connectivity index (χ1n) is 9.55. The third kappa shape index (κ3) is 4.12. The van der Waals surface area contributed by atoms with Gasteiger partial charge in [0, 0.05) is 27.2 Å². The molecular formula is C24H16Cl2O5. The topological polar surface area (TPSA) is 54.0 Å². The van der Waals surface area contributed by atoms with Gasteiger partial charge in [0.2, 0.25) is 5.78 Å². The number of ether oxygens (including phenoxy) is 4. The lowest BCUT2D eigenvalue weighted by atomic mass is 10.1. The van der Waals surface area contributed by atoms with E-state index in [1.165, 1.54) is 0 Å². The molecule has 5 nitrogen and oxygen atoms in total. The first-order valence-corrected chi connectivity index (χ1v) is 10.3. The number of hydrogen-bond acceptors (Lipinski definition) is 5. The summed E-state index contributed by atoms with van der Waals surface area (Å²) in [6.07, 6.45) is 1.64. The lowest BCUT2D eigenvalue weighted by molar-refractivity contribution is -0.0165. The maximum Gasteiger partial charge on any atom is 0.231 e. The normalized spacial score (nSPS) is 15.8. The summed E-state index contributed by atoms with van der Waals surface area (Å²) >= 11 is 12.2. The third-order valence-corrected chi connectivity index (χ3v) is 5.38. The summed E-state index contributed by atoms with van der Waals surface area (Å²) in [5.74, 6) is 1.66. The maximum atomic E-state index is 12.8. The van der Waals surface area contributed by atoms with E-state index in [9.17, 15) is 4.79 Å². The van der Waals surface area contributed by atoms with Crippen molar-refractivity contribution in [1.29, 1.82) is 0 Å². The standard InChI is InChI=1S/C24H16Cl2O5/c25-17-3-1-2-14(6-17)11-29-19-4-5-20-21(10-19)31-22(23(20)27)9-15-7-18(26)8-16-12-28-13-30-24(15)16/h1-10H,11-13H2/b22-9-. The molecule has 0 radical (unpaired) electrons. The van der Waals surface area contributed by atoms with Crippen LogP contribution in [0.5, 0.6) is 17.2 Å². The highest BCUT2D eigenvalue weighted by Gasteiger charge is 2.28. The average Bonchev–Trinajstić information content (AvgIpc) is 3.07. The van der Waals surface area contributed by atoms with Gasteiger partial charge in [0.15, 0.2) is 12.6 Å². The van der Waals surface area contributed by atoms with Crippen LogP contribution in [-0.2, 0) is 18.0 Å². The second kappa shape index (κ2) is 8.27. The Bertz CT molecular complexity index is 1220. The summed E-state index contributed by atoms with van der Waals surface area (Å²) in [6.45, 7) is 0.894. The van der Waals surface area contributed by atoms with Gasteiger partial charge in [-0.15, -0.1) is 0 Å². The summed E-state index contributed by atoms with van der Waals surface area (Å²) in [6, 6.07) is 16.1. The Morgan fingerprint density at radius 3 is 2.81 bits per heavy atom. The summed E-state index contributed by atoms with van der Waals surface area (Å²) in [4.78, 5) is 12.8. The van der Waals surface area contributed by atoms with Gasteiger partial charge in [-0.05, 0) is 48.0 Å². The lowest BCUT2D eigenvalue weighted by Crippen LogP contribution is -2.12. The van der Waals surface area contributed by atoms with E-state index in [1.807, 2.05) is 24.3 Å². The highest BCUT2D eigenvalue weighted by molar-refractivity contribution is 6.31. The van der Waals surface area contributed by atoms with Crippen LogP contribution in [0.2, 0.25) is 10.0 Å². The van der Waals surface area contributed by atoms with Gasteiger partial charge < -0.3 is 18.9 Å². The van der Waals surface area contributed by atoms with E-state index in [0.29, 0.717) is 51.6 Å². The van der Waals surface area contributed by atoms with E-state index in [2.05, 4.69) is 0 Å². The molecule has 0 saturated heterocycles. The molecule has 0 unspecified atom stereocenters. The number of Topliss-reactive ketones (excluding diaryl/α,β-unsaturated/α-hetero) is 1. The predicted octanol–water partition coefficient (Wildman–Crippen LogP) is 6.06. The Morgan fingerprint density at radius 2 is 1.94 bits per heavy atom. The molecule has 0 N–H and O–H groups in total. The van der Waals surface area contributed by atoms with Crippen molar-refractivity contribution in [2.75, 3.05) is 6.79 Å². The van der Waals surface area contributed by atoms with Gasteiger partial charge in [0.25, 0.3) is 0 Å². The molecule has 156 valence electrons. The zero-order valence-corrected chi connectivity index (χ0v) is 17.7. The van der Waals surface area contributed by atoms with Crippen molar-refractivity contribution in [3.8, 4) is 17.2 Å². The third-order valence-electron chi connectivity index (χ3n) is 4.93. The molecule has 2 heterocycles. The van der Waals surface area contributed by atoms with Gasteiger partial charge in [-0.25, -0.2) is 0 Å². The minimum absolute atomic E-state index is 0.146. The number of halogens is 2. The van der Waals surface area contributed by atoms with Gasteiger partial charge in [-0.3, -0.25) is 4.79 Å². The molecule has 0 fully saturated rings. The smallest absolute Gasteiger partial charge is 0.231 e. The van der Waals surface area contributed by atoms with E-state index in [0.717, 1.165) is 11.1 Å². The molecule has 2 aliphatic heterocycles. The van der Waals surface area contributed by atoms with Crippen molar-refractivity contribution in [2.24, 2.45) is 0 Å². The second-order valence-electron chi connectivity index (χ2n) is 7.11. The number of fused-ring (bicyclic) bond motifs is 2. The number of rotatable bonds is 4. The van der Waals surface area contributed by atoms with Crippen molar-refractivity contribution in [1.82, 2.24) is 0 Å². The zero-order chi connectivity index (χ0) is 21.4. The molecule has 5 rings (SSSR count). The largest absolute Gasteiger partial charge is 0.489 e.